The molecule has 1 unspecified atom stereocenters. The van der Waals surface area contributed by atoms with Gasteiger partial charge >= 0.3 is 0 Å². The molecule has 2 aromatic rings. The molecule has 0 saturated carbocycles. The molecule has 1 aromatic heterocycles. The van der Waals surface area contributed by atoms with Crippen LogP contribution in [0.4, 0.5) is 0 Å². The van der Waals surface area contributed by atoms with Gasteiger partial charge in [0.2, 0.25) is 0 Å². The van der Waals surface area contributed by atoms with Crippen LogP contribution in [-0.4, -0.2) is 59.9 Å². The molecule has 1 aliphatic heterocycles. The van der Waals surface area contributed by atoms with Gasteiger partial charge in [-0.15, -0.1) is 0 Å². The van der Waals surface area contributed by atoms with Gasteiger partial charge in [0, 0.05) is 44.0 Å². The normalized spacial score (nSPS) is 17.8. The maximum Gasteiger partial charge on any atom is 0.118 e. The zero-order chi connectivity index (χ0) is 20.8. The van der Waals surface area contributed by atoms with Gasteiger partial charge in [-0.1, -0.05) is 12.1 Å². The summed E-state index contributed by atoms with van der Waals surface area (Å²) < 4.78 is 7.38. The highest BCUT2D eigenvalue weighted by atomic mass is 16.5. The molecule has 1 aliphatic rings. The van der Waals surface area contributed by atoms with Gasteiger partial charge < -0.3 is 14.5 Å². The molecule has 1 aromatic carbocycles. The maximum absolute atomic E-state index is 5.26. The molecule has 0 N–H and O–H groups in total. The molecule has 0 spiro atoms. The van der Waals surface area contributed by atoms with Crippen LogP contribution in [0.1, 0.15) is 42.3 Å². The Balaban J connectivity index is 1.48. The second-order valence-electron chi connectivity index (χ2n) is 8.57. The minimum absolute atomic E-state index is 0.756. The summed E-state index contributed by atoms with van der Waals surface area (Å²) in [6.07, 6.45) is 3.77. The number of aryl methyl sites for hydroxylation is 2. The first kappa shape index (κ1) is 21.8. The van der Waals surface area contributed by atoms with E-state index in [1.54, 1.807) is 7.11 Å². The Morgan fingerprint density at radius 1 is 1.21 bits per heavy atom. The van der Waals surface area contributed by atoms with Crippen LogP contribution in [-0.2, 0) is 19.5 Å². The van der Waals surface area contributed by atoms with Crippen molar-refractivity contribution in [3.8, 4) is 5.75 Å². The van der Waals surface area contributed by atoms with Gasteiger partial charge in [-0.25, -0.2) is 0 Å². The molecule has 5 heteroatoms. The van der Waals surface area contributed by atoms with Gasteiger partial charge in [0.1, 0.15) is 5.75 Å². The quantitative estimate of drug-likeness (QED) is 0.641. The Labute approximate surface area is 176 Å². The van der Waals surface area contributed by atoms with Crippen molar-refractivity contribution in [3.63, 3.8) is 0 Å². The maximum atomic E-state index is 5.26. The summed E-state index contributed by atoms with van der Waals surface area (Å²) in [7, 11) is 3.98. The number of benzene rings is 1. The molecule has 5 nitrogen and oxygen atoms in total. The first-order valence-corrected chi connectivity index (χ1v) is 11.1. The average Bonchev–Trinajstić information content (AvgIpc) is 3.00. The van der Waals surface area contributed by atoms with Crippen LogP contribution in [0.15, 0.2) is 24.3 Å². The number of aromatic nitrogens is 2. The van der Waals surface area contributed by atoms with E-state index < -0.39 is 0 Å². The summed E-state index contributed by atoms with van der Waals surface area (Å²) in [6, 6.07) is 8.51. The zero-order valence-corrected chi connectivity index (χ0v) is 18.9. The summed E-state index contributed by atoms with van der Waals surface area (Å²) in [5, 5.41) is 4.68. The van der Waals surface area contributed by atoms with Crippen LogP contribution in [0, 0.1) is 19.8 Å². The molecular weight excluding hydrogens is 360 g/mol. The molecule has 0 radical (unpaired) electrons. The second kappa shape index (κ2) is 10.3. The van der Waals surface area contributed by atoms with Gasteiger partial charge in [0.15, 0.2) is 0 Å². The molecule has 29 heavy (non-hydrogen) atoms. The Kier molecular flexibility index (Phi) is 7.73. The van der Waals surface area contributed by atoms with Crippen molar-refractivity contribution in [1.82, 2.24) is 19.6 Å². The lowest BCUT2D eigenvalue weighted by Gasteiger charge is -2.34. The van der Waals surface area contributed by atoms with Gasteiger partial charge in [-0.2, -0.15) is 5.10 Å². The molecular formula is C24H38N4O. The Hall–Kier alpha value is -1.85. The number of piperidine rings is 1. The Morgan fingerprint density at radius 3 is 2.62 bits per heavy atom. The Bertz CT molecular complexity index is 768. The summed E-state index contributed by atoms with van der Waals surface area (Å²) in [4.78, 5) is 5.15. The standard InChI is InChI=1S/C24H38N4O/c1-6-28-20(3)24(19(2)25-28)18-26(4)16-22-8-7-14-27(17-22)15-13-21-9-11-23(29-5)12-10-21/h9-12,22H,6-8,13-18H2,1-5H3. The van der Waals surface area contributed by atoms with Crippen molar-refractivity contribution in [2.75, 3.05) is 40.3 Å². The van der Waals surface area contributed by atoms with E-state index in [0.717, 1.165) is 44.3 Å². The van der Waals surface area contributed by atoms with Gasteiger partial charge in [0.25, 0.3) is 0 Å². The van der Waals surface area contributed by atoms with E-state index in [0.29, 0.717) is 0 Å². The minimum atomic E-state index is 0.756. The van der Waals surface area contributed by atoms with E-state index in [2.05, 4.69) is 71.7 Å². The third-order valence-electron chi connectivity index (χ3n) is 6.31. The van der Waals surface area contributed by atoms with Crippen LogP contribution in [0.2, 0.25) is 0 Å². The number of rotatable bonds is 9. The smallest absolute Gasteiger partial charge is 0.118 e. The first-order valence-electron chi connectivity index (χ1n) is 11.1. The number of methoxy groups -OCH3 is 1. The van der Waals surface area contributed by atoms with E-state index in [1.807, 2.05) is 0 Å². The van der Waals surface area contributed by atoms with Crippen LogP contribution in [0.5, 0.6) is 5.75 Å². The fraction of sp³-hybridized carbons (Fsp3) is 0.625. The molecule has 2 heterocycles. The van der Waals surface area contributed by atoms with E-state index in [4.69, 9.17) is 4.74 Å². The van der Waals surface area contributed by atoms with Crippen LogP contribution >= 0.6 is 0 Å². The lowest BCUT2D eigenvalue weighted by atomic mass is 9.96. The largest absolute Gasteiger partial charge is 0.497 e. The predicted molar refractivity (Wildman–Crippen MR) is 120 cm³/mol. The summed E-state index contributed by atoms with van der Waals surface area (Å²) in [5.74, 6) is 1.69. The molecule has 0 bridgehead atoms. The minimum Gasteiger partial charge on any atom is -0.497 e. The number of hydrogen-bond acceptors (Lipinski definition) is 4. The van der Waals surface area contributed by atoms with Crippen LogP contribution in [0.25, 0.3) is 0 Å². The molecule has 1 fully saturated rings. The summed E-state index contributed by atoms with van der Waals surface area (Å²) >= 11 is 0. The molecule has 1 atom stereocenters. The molecule has 3 rings (SSSR count). The van der Waals surface area contributed by atoms with Crippen molar-refractivity contribution in [2.24, 2.45) is 5.92 Å². The van der Waals surface area contributed by atoms with Crippen molar-refractivity contribution >= 4 is 0 Å². The number of hydrogen-bond donors (Lipinski definition) is 0. The lowest BCUT2D eigenvalue weighted by molar-refractivity contribution is 0.142. The van der Waals surface area contributed by atoms with Crippen LogP contribution in [0.3, 0.4) is 0 Å². The highest BCUT2D eigenvalue weighted by Crippen LogP contribution is 2.21. The molecule has 0 aliphatic carbocycles. The number of nitrogens with zero attached hydrogens (tertiary/aromatic N) is 4. The predicted octanol–water partition coefficient (Wildman–Crippen LogP) is 3.91. The van der Waals surface area contributed by atoms with E-state index in [-0.39, 0.29) is 0 Å². The summed E-state index contributed by atoms with van der Waals surface area (Å²) in [6.45, 7) is 13.2. The SMILES string of the molecule is CCn1nc(C)c(CN(C)CC2CCCN(CCc3ccc(OC)cc3)C2)c1C. The second-order valence-corrected chi connectivity index (χ2v) is 8.57. The third-order valence-corrected chi connectivity index (χ3v) is 6.31. The molecule has 0 amide bonds. The fourth-order valence-electron chi connectivity index (χ4n) is 4.63. The van der Waals surface area contributed by atoms with Gasteiger partial charge in [0.05, 0.1) is 12.8 Å². The van der Waals surface area contributed by atoms with Crippen molar-refractivity contribution < 1.29 is 4.74 Å². The number of ether oxygens (including phenoxy) is 1. The monoisotopic (exact) mass is 398 g/mol. The van der Waals surface area contributed by atoms with E-state index in [9.17, 15) is 0 Å². The van der Waals surface area contributed by atoms with Gasteiger partial charge in [-0.3, -0.25) is 4.68 Å². The highest BCUT2D eigenvalue weighted by Gasteiger charge is 2.22. The number of likely N-dealkylation sites (tertiary alicyclic amines) is 1. The molecule has 1 saturated heterocycles. The first-order chi connectivity index (χ1) is 14.0. The van der Waals surface area contributed by atoms with Crippen LogP contribution < -0.4 is 4.74 Å². The van der Waals surface area contributed by atoms with Crippen molar-refractivity contribution in [2.45, 2.75) is 53.1 Å². The molecule has 160 valence electrons. The zero-order valence-electron chi connectivity index (χ0n) is 18.9. The average molecular weight is 399 g/mol. The topological polar surface area (TPSA) is 33.5 Å². The van der Waals surface area contributed by atoms with Crippen molar-refractivity contribution in [3.05, 3.63) is 46.8 Å². The third kappa shape index (κ3) is 5.83. The summed E-state index contributed by atoms with van der Waals surface area (Å²) in [5.41, 5.74) is 5.30. The fourth-order valence-corrected chi connectivity index (χ4v) is 4.63. The lowest BCUT2D eigenvalue weighted by Crippen LogP contribution is -2.40. The van der Waals surface area contributed by atoms with Gasteiger partial charge in [-0.05, 0) is 77.2 Å². The Morgan fingerprint density at radius 2 is 1.97 bits per heavy atom. The van der Waals surface area contributed by atoms with E-state index in [1.165, 1.54) is 48.4 Å². The van der Waals surface area contributed by atoms with E-state index >= 15 is 0 Å². The highest BCUT2D eigenvalue weighted by molar-refractivity contribution is 5.27. The van der Waals surface area contributed by atoms with Crippen molar-refractivity contribution in [1.29, 1.82) is 0 Å².